The van der Waals surface area contributed by atoms with Crippen molar-refractivity contribution < 1.29 is 9.18 Å². The van der Waals surface area contributed by atoms with Crippen molar-refractivity contribution >= 4 is 11.9 Å². The Bertz CT molecular complexity index is 394. The van der Waals surface area contributed by atoms with Gasteiger partial charge >= 0.3 is 0 Å². The van der Waals surface area contributed by atoms with Gasteiger partial charge in [-0.25, -0.2) is 4.39 Å². The summed E-state index contributed by atoms with van der Waals surface area (Å²) in [4.78, 5) is 11.2. The molecule has 1 aliphatic carbocycles. The number of hydrogen-bond donors (Lipinski definition) is 0. The molecule has 0 heterocycles. The van der Waals surface area contributed by atoms with Gasteiger partial charge in [0.1, 0.15) is 11.6 Å². The standard InChI is InChI=1S/C14H15FO/c15-14(9-11-5-2-1-3-6-11)12-7-4-8-13(16)10-12/h1-3,5-6,9,12H,4,7-8,10H2/b14-9+/t12-/m1/s1. The maximum atomic E-state index is 13.9. The first kappa shape index (κ1) is 11.1. The zero-order valence-corrected chi connectivity index (χ0v) is 9.16. The number of halogens is 1. The number of benzene rings is 1. The van der Waals surface area contributed by atoms with E-state index in [0.29, 0.717) is 12.8 Å². The number of Topliss-reactive ketones (excluding diaryl/α,β-unsaturated/α-hetero) is 1. The first-order chi connectivity index (χ1) is 7.75. The zero-order chi connectivity index (χ0) is 11.4. The summed E-state index contributed by atoms with van der Waals surface area (Å²) in [6, 6.07) is 9.39. The lowest BCUT2D eigenvalue weighted by Crippen LogP contribution is -2.15. The first-order valence-electron chi connectivity index (χ1n) is 5.69. The van der Waals surface area contributed by atoms with Gasteiger partial charge in [0, 0.05) is 18.8 Å². The van der Waals surface area contributed by atoms with Gasteiger partial charge in [-0.15, -0.1) is 0 Å². The van der Waals surface area contributed by atoms with Crippen molar-refractivity contribution in [3.8, 4) is 0 Å². The molecule has 1 saturated carbocycles. The molecule has 1 aromatic rings. The van der Waals surface area contributed by atoms with E-state index in [1.54, 1.807) is 6.08 Å². The summed E-state index contributed by atoms with van der Waals surface area (Å²) >= 11 is 0. The molecule has 0 aliphatic heterocycles. The van der Waals surface area contributed by atoms with Crippen molar-refractivity contribution in [1.82, 2.24) is 0 Å². The zero-order valence-electron chi connectivity index (χ0n) is 9.16. The van der Waals surface area contributed by atoms with Gasteiger partial charge in [-0.05, 0) is 24.5 Å². The molecule has 0 amide bonds. The normalized spacial score (nSPS) is 22.2. The van der Waals surface area contributed by atoms with E-state index in [4.69, 9.17) is 0 Å². The highest BCUT2D eigenvalue weighted by atomic mass is 19.1. The topological polar surface area (TPSA) is 17.1 Å². The lowest BCUT2D eigenvalue weighted by molar-refractivity contribution is -0.121. The third-order valence-corrected chi connectivity index (χ3v) is 2.98. The second-order valence-electron chi connectivity index (χ2n) is 4.27. The van der Waals surface area contributed by atoms with Crippen LogP contribution in [-0.2, 0) is 4.79 Å². The highest BCUT2D eigenvalue weighted by Gasteiger charge is 2.22. The third-order valence-electron chi connectivity index (χ3n) is 2.98. The van der Waals surface area contributed by atoms with Gasteiger partial charge in [-0.1, -0.05) is 30.3 Å². The molecule has 0 N–H and O–H groups in total. The Morgan fingerprint density at radius 1 is 1.31 bits per heavy atom. The minimum atomic E-state index is -0.193. The molecule has 16 heavy (non-hydrogen) atoms. The lowest BCUT2D eigenvalue weighted by Gasteiger charge is -2.18. The summed E-state index contributed by atoms with van der Waals surface area (Å²) in [5, 5.41) is 0. The minimum Gasteiger partial charge on any atom is -0.300 e. The number of hydrogen-bond acceptors (Lipinski definition) is 1. The SMILES string of the molecule is O=C1CCC[C@@H](/C(F)=C\c2ccccc2)C1. The maximum Gasteiger partial charge on any atom is 0.133 e. The summed E-state index contributed by atoms with van der Waals surface area (Å²) in [6.45, 7) is 0. The quantitative estimate of drug-likeness (QED) is 0.738. The Morgan fingerprint density at radius 3 is 2.75 bits per heavy atom. The predicted molar refractivity (Wildman–Crippen MR) is 62.5 cm³/mol. The Morgan fingerprint density at radius 2 is 2.06 bits per heavy atom. The molecule has 0 spiro atoms. The summed E-state index contributed by atoms with van der Waals surface area (Å²) in [5.41, 5.74) is 0.859. The van der Waals surface area contributed by atoms with Crippen molar-refractivity contribution in [3.05, 3.63) is 41.7 Å². The van der Waals surface area contributed by atoms with Crippen LogP contribution in [0.3, 0.4) is 0 Å². The highest BCUT2D eigenvalue weighted by molar-refractivity contribution is 5.79. The molecule has 84 valence electrons. The number of carbonyl (C=O) groups is 1. The van der Waals surface area contributed by atoms with E-state index in [1.165, 1.54) is 0 Å². The van der Waals surface area contributed by atoms with E-state index < -0.39 is 0 Å². The number of allylic oxidation sites excluding steroid dienone is 1. The molecule has 2 heteroatoms. The number of rotatable bonds is 2. The summed E-state index contributed by atoms with van der Waals surface area (Å²) in [6.07, 6.45) is 4.15. The van der Waals surface area contributed by atoms with E-state index in [9.17, 15) is 9.18 Å². The second-order valence-corrected chi connectivity index (χ2v) is 4.27. The minimum absolute atomic E-state index is 0.153. The van der Waals surface area contributed by atoms with Gasteiger partial charge in [-0.3, -0.25) is 4.79 Å². The lowest BCUT2D eigenvalue weighted by atomic mass is 9.87. The van der Waals surface area contributed by atoms with Crippen LogP contribution >= 0.6 is 0 Å². The predicted octanol–water partition coefficient (Wildman–Crippen LogP) is 3.76. The van der Waals surface area contributed by atoms with Crippen LogP contribution in [0.4, 0.5) is 4.39 Å². The van der Waals surface area contributed by atoms with Crippen LogP contribution in [0.1, 0.15) is 31.2 Å². The second kappa shape index (κ2) is 5.06. The smallest absolute Gasteiger partial charge is 0.133 e. The van der Waals surface area contributed by atoms with E-state index in [-0.39, 0.29) is 17.5 Å². The van der Waals surface area contributed by atoms with Crippen molar-refractivity contribution in [2.75, 3.05) is 0 Å². The van der Waals surface area contributed by atoms with Gasteiger partial charge in [0.05, 0.1) is 0 Å². The molecule has 1 atom stereocenters. The van der Waals surface area contributed by atoms with E-state index in [2.05, 4.69) is 0 Å². The van der Waals surface area contributed by atoms with Crippen LogP contribution in [0.5, 0.6) is 0 Å². The molecule has 0 bridgehead atoms. The van der Waals surface area contributed by atoms with Crippen molar-refractivity contribution in [2.24, 2.45) is 5.92 Å². The van der Waals surface area contributed by atoms with Crippen LogP contribution in [0.2, 0.25) is 0 Å². The molecule has 0 saturated heterocycles. The number of carbonyl (C=O) groups excluding carboxylic acids is 1. The first-order valence-corrected chi connectivity index (χ1v) is 5.69. The fraction of sp³-hybridized carbons (Fsp3) is 0.357. The molecule has 0 aromatic heterocycles. The number of ketones is 1. The average molecular weight is 218 g/mol. The maximum absolute atomic E-state index is 13.9. The molecular weight excluding hydrogens is 203 g/mol. The average Bonchev–Trinajstić information content (AvgIpc) is 2.30. The molecular formula is C14H15FO. The monoisotopic (exact) mass is 218 g/mol. The van der Waals surface area contributed by atoms with Gasteiger partial charge in [0.2, 0.25) is 0 Å². The van der Waals surface area contributed by atoms with Crippen LogP contribution < -0.4 is 0 Å². The largest absolute Gasteiger partial charge is 0.300 e. The summed E-state index contributed by atoms with van der Waals surface area (Å²) in [5.74, 6) is -0.159. The van der Waals surface area contributed by atoms with Gasteiger partial charge in [0.15, 0.2) is 0 Å². The Kier molecular flexibility index (Phi) is 3.50. The summed E-state index contributed by atoms with van der Waals surface area (Å²) < 4.78 is 13.9. The van der Waals surface area contributed by atoms with Crippen LogP contribution in [0, 0.1) is 5.92 Å². The van der Waals surface area contributed by atoms with Crippen LogP contribution in [0.25, 0.3) is 6.08 Å². The fourth-order valence-corrected chi connectivity index (χ4v) is 2.09. The third kappa shape index (κ3) is 2.78. The Hall–Kier alpha value is -1.44. The molecule has 0 unspecified atom stereocenters. The van der Waals surface area contributed by atoms with Crippen molar-refractivity contribution in [2.45, 2.75) is 25.7 Å². The molecule has 1 aromatic carbocycles. The van der Waals surface area contributed by atoms with Gasteiger partial charge in [-0.2, -0.15) is 0 Å². The van der Waals surface area contributed by atoms with Crippen molar-refractivity contribution in [1.29, 1.82) is 0 Å². The van der Waals surface area contributed by atoms with E-state index in [0.717, 1.165) is 18.4 Å². The Balaban J connectivity index is 2.09. The van der Waals surface area contributed by atoms with Crippen molar-refractivity contribution in [3.63, 3.8) is 0 Å². The highest BCUT2D eigenvalue weighted by Crippen LogP contribution is 2.29. The molecule has 1 nitrogen and oxygen atoms in total. The van der Waals surface area contributed by atoms with Gasteiger partial charge in [0.25, 0.3) is 0 Å². The summed E-state index contributed by atoms with van der Waals surface area (Å²) in [7, 11) is 0. The van der Waals surface area contributed by atoms with Crippen LogP contribution in [-0.4, -0.2) is 5.78 Å². The molecule has 0 radical (unpaired) electrons. The van der Waals surface area contributed by atoms with E-state index >= 15 is 0 Å². The fourth-order valence-electron chi connectivity index (χ4n) is 2.09. The van der Waals surface area contributed by atoms with E-state index in [1.807, 2.05) is 30.3 Å². The molecule has 2 rings (SSSR count). The Labute approximate surface area is 95.0 Å². The van der Waals surface area contributed by atoms with Crippen LogP contribution in [0.15, 0.2) is 36.2 Å². The van der Waals surface area contributed by atoms with Gasteiger partial charge < -0.3 is 0 Å². The molecule has 1 aliphatic rings. The molecule has 1 fully saturated rings.